The molecule has 4 amide bonds. The van der Waals surface area contributed by atoms with Crippen molar-refractivity contribution in [3.05, 3.63) is 48.2 Å². The number of hydrogen-bond donors (Lipinski definition) is 5. The van der Waals surface area contributed by atoms with E-state index in [4.69, 9.17) is 23.7 Å². The van der Waals surface area contributed by atoms with Crippen molar-refractivity contribution in [1.82, 2.24) is 26.2 Å². The van der Waals surface area contributed by atoms with Gasteiger partial charge in [-0.15, -0.1) is 0 Å². The number of carbonyl (C=O) groups excluding carboxylic acids is 4. The fourth-order valence-electron chi connectivity index (χ4n) is 6.08. The summed E-state index contributed by atoms with van der Waals surface area (Å²) >= 11 is 0. The number of hydrogen-bond acceptors (Lipinski definition) is 13. The van der Waals surface area contributed by atoms with Gasteiger partial charge in [0.15, 0.2) is 23.0 Å². The maximum atomic E-state index is 13.5. The Morgan fingerprint density at radius 2 is 1.61 bits per heavy atom. The lowest BCUT2D eigenvalue weighted by Gasteiger charge is -2.31. The first-order valence-corrected chi connectivity index (χ1v) is 18.9. The third kappa shape index (κ3) is 12.1. The summed E-state index contributed by atoms with van der Waals surface area (Å²) in [4.78, 5) is 60.5. The smallest absolute Gasteiger partial charge is 0.258 e. The zero-order valence-electron chi connectivity index (χ0n) is 34.5. The average Bonchev–Trinajstić information content (AvgIpc) is 3.35. The van der Waals surface area contributed by atoms with Gasteiger partial charge in [-0.2, -0.15) is 0 Å². The van der Waals surface area contributed by atoms with Crippen molar-refractivity contribution < 1.29 is 48.0 Å². The zero-order chi connectivity index (χ0) is 42.2. The first-order valence-electron chi connectivity index (χ1n) is 18.9. The second kappa shape index (κ2) is 22.4. The van der Waals surface area contributed by atoms with Crippen molar-refractivity contribution in [3.8, 4) is 23.0 Å². The molecule has 0 saturated carbocycles. The number of methoxy groups -OCH3 is 3. The van der Waals surface area contributed by atoms with E-state index in [1.165, 1.54) is 26.5 Å². The molecule has 0 bridgehead atoms. The number of nitrogens with zero attached hydrogens (tertiary/aromatic N) is 3. The molecule has 0 aliphatic carbocycles. The summed E-state index contributed by atoms with van der Waals surface area (Å²) in [6.07, 6.45) is 3.87. The van der Waals surface area contributed by atoms with Crippen LogP contribution in [0.4, 0.5) is 11.4 Å². The zero-order valence-corrected chi connectivity index (χ0v) is 34.5. The van der Waals surface area contributed by atoms with E-state index < -0.39 is 36.0 Å². The lowest BCUT2D eigenvalue weighted by atomic mass is 10.0. The van der Waals surface area contributed by atoms with Gasteiger partial charge < -0.3 is 54.5 Å². The number of carbonyl (C=O) groups is 4. The highest BCUT2D eigenvalue weighted by atomic mass is 16.5. The number of rotatable bonds is 23. The third-order valence-electron chi connectivity index (χ3n) is 9.33. The molecule has 17 nitrogen and oxygen atoms in total. The Hall–Kier alpha value is -5.39. The molecule has 5 N–H and O–H groups in total. The number of fused-ring (bicyclic) bond motifs is 1. The van der Waals surface area contributed by atoms with Crippen LogP contribution >= 0.6 is 0 Å². The summed E-state index contributed by atoms with van der Waals surface area (Å²) in [5.41, 5.74) is 1.48. The standard InChI is InChI=1S/C40H59N7O10/c1-11-14-35(55-10)47-16-15-42-29-21-33(31(53-8)19-27(29)40(47)52)56-17-13-18-57-34-22-30(28(20-32(34)54-9)38(50)41-12-2)46(7)26(6)45-37(49)25(5)44-39(51)36(24(3)4)43-23-48/h12,15,19-22,24-26,35-36,43,48H,2,11,13-14,16-18,23H2,1,3-10H3,(H,41,50)(H,44,51)(H,45,49)/t25-,26?,35?,36-/m0/s1. The molecule has 1 aliphatic heterocycles. The number of aliphatic hydroxyl groups excluding tert-OH is 1. The molecule has 17 heteroatoms. The van der Waals surface area contributed by atoms with Crippen LogP contribution in [-0.2, 0) is 14.3 Å². The number of aliphatic imine (C=N–C) groups is 1. The minimum Gasteiger partial charge on any atom is -0.493 e. The summed E-state index contributed by atoms with van der Waals surface area (Å²) in [5, 5.41) is 20.1. The Labute approximate surface area is 335 Å². The van der Waals surface area contributed by atoms with Gasteiger partial charge in [-0.05, 0) is 44.5 Å². The predicted octanol–water partition coefficient (Wildman–Crippen LogP) is 3.32. The van der Waals surface area contributed by atoms with Crippen molar-refractivity contribution in [2.75, 3.05) is 59.8 Å². The van der Waals surface area contributed by atoms with Crippen molar-refractivity contribution in [2.45, 2.75) is 78.4 Å². The molecule has 0 radical (unpaired) electrons. The van der Waals surface area contributed by atoms with E-state index in [9.17, 15) is 24.3 Å². The Kier molecular flexibility index (Phi) is 18.1. The van der Waals surface area contributed by atoms with Gasteiger partial charge in [0.05, 0.1) is 75.4 Å². The van der Waals surface area contributed by atoms with Crippen LogP contribution in [-0.4, -0.2) is 119 Å². The van der Waals surface area contributed by atoms with Gasteiger partial charge >= 0.3 is 0 Å². The molecular formula is C40H59N7O10. The largest absolute Gasteiger partial charge is 0.493 e. The number of aliphatic hydroxyl groups is 1. The van der Waals surface area contributed by atoms with Gasteiger partial charge in [0.25, 0.3) is 11.8 Å². The van der Waals surface area contributed by atoms with E-state index in [1.54, 1.807) is 62.2 Å². The van der Waals surface area contributed by atoms with Gasteiger partial charge in [-0.3, -0.25) is 29.5 Å². The predicted molar refractivity (Wildman–Crippen MR) is 217 cm³/mol. The van der Waals surface area contributed by atoms with Gasteiger partial charge in [0.1, 0.15) is 12.3 Å². The normalized spacial score (nSPS) is 14.4. The molecule has 57 heavy (non-hydrogen) atoms. The molecule has 0 fully saturated rings. The third-order valence-corrected chi connectivity index (χ3v) is 9.33. The second-order valence-corrected chi connectivity index (χ2v) is 13.6. The number of anilines is 1. The lowest BCUT2D eigenvalue weighted by Crippen LogP contribution is -2.56. The summed E-state index contributed by atoms with van der Waals surface area (Å²) in [6, 6.07) is 4.89. The molecule has 0 spiro atoms. The summed E-state index contributed by atoms with van der Waals surface area (Å²) in [7, 11) is 6.24. The Balaban J connectivity index is 1.74. The van der Waals surface area contributed by atoms with Gasteiger partial charge in [-0.1, -0.05) is 33.8 Å². The highest BCUT2D eigenvalue weighted by Crippen LogP contribution is 2.38. The van der Waals surface area contributed by atoms with E-state index in [2.05, 4.69) is 32.8 Å². The maximum absolute atomic E-state index is 13.5. The van der Waals surface area contributed by atoms with Crippen LogP contribution in [0, 0.1) is 5.92 Å². The maximum Gasteiger partial charge on any atom is 0.258 e. The van der Waals surface area contributed by atoms with Gasteiger partial charge in [-0.25, -0.2) is 0 Å². The summed E-state index contributed by atoms with van der Waals surface area (Å²) in [5.74, 6) is -0.270. The van der Waals surface area contributed by atoms with Crippen LogP contribution in [0.3, 0.4) is 0 Å². The van der Waals surface area contributed by atoms with E-state index in [-0.39, 0.29) is 43.6 Å². The van der Waals surface area contributed by atoms with E-state index in [0.29, 0.717) is 59.3 Å². The number of nitrogens with one attached hydrogen (secondary N) is 4. The van der Waals surface area contributed by atoms with Crippen LogP contribution in [0.1, 0.15) is 74.6 Å². The molecule has 2 aromatic rings. The second-order valence-electron chi connectivity index (χ2n) is 13.6. The van der Waals surface area contributed by atoms with Crippen molar-refractivity contribution in [2.24, 2.45) is 10.9 Å². The topological polar surface area (TPSA) is 202 Å². The quantitative estimate of drug-likeness (QED) is 0.0813. The van der Waals surface area contributed by atoms with Crippen molar-refractivity contribution in [3.63, 3.8) is 0 Å². The fraction of sp³-hybridized carbons (Fsp3) is 0.525. The molecule has 1 heterocycles. The lowest BCUT2D eigenvalue weighted by molar-refractivity contribution is -0.130. The molecule has 2 unspecified atom stereocenters. The number of ether oxygens (including phenoxy) is 5. The van der Waals surface area contributed by atoms with E-state index in [1.807, 2.05) is 20.8 Å². The Morgan fingerprint density at radius 1 is 0.965 bits per heavy atom. The fourth-order valence-corrected chi connectivity index (χ4v) is 6.08. The van der Waals surface area contributed by atoms with Crippen LogP contribution in [0.5, 0.6) is 23.0 Å². The highest BCUT2D eigenvalue weighted by Gasteiger charge is 2.30. The molecule has 0 saturated heterocycles. The summed E-state index contributed by atoms with van der Waals surface area (Å²) in [6.45, 7) is 12.9. The molecule has 3 rings (SSSR count). The number of amides is 4. The number of benzene rings is 2. The highest BCUT2D eigenvalue weighted by molar-refractivity contribution is 6.03. The van der Waals surface area contributed by atoms with Crippen LogP contribution in [0.2, 0.25) is 0 Å². The minimum absolute atomic E-state index is 0.130. The van der Waals surface area contributed by atoms with Crippen molar-refractivity contribution >= 4 is 41.2 Å². The molecule has 0 aromatic heterocycles. The Bertz CT molecular complexity index is 1740. The molecular weight excluding hydrogens is 738 g/mol. The average molecular weight is 798 g/mol. The van der Waals surface area contributed by atoms with Crippen LogP contribution in [0.25, 0.3) is 0 Å². The molecule has 2 aromatic carbocycles. The SMILES string of the molecule is C=CNC(=O)c1cc(OC)c(OCCCOc2cc3c(cc2OC)C(=O)N(C(CCC)OC)CC=N3)cc1N(C)C(C)NC(=O)[C@H](C)NC(=O)[C@@H](NCO)C(C)C. The van der Waals surface area contributed by atoms with Crippen molar-refractivity contribution in [1.29, 1.82) is 0 Å². The van der Waals surface area contributed by atoms with E-state index in [0.717, 1.165) is 6.42 Å². The van der Waals surface area contributed by atoms with Gasteiger partial charge in [0, 0.05) is 38.9 Å². The van der Waals surface area contributed by atoms with Gasteiger partial charge in [0.2, 0.25) is 11.8 Å². The first-order chi connectivity index (χ1) is 27.3. The first kappa shape index (κ1) is 46.0. The molecule has 314 valence electrons. The van der Waals surface area contributed by atoms with Crippen LogP contribution in [0.15, 0.2) is 42.0 Å². The summed E-state index contributed by atoms with van der Waals surface area (Å²) < 4.78 is 29.0. The Morgan fingerprint density at radius 3 is 2.19 bits per heavy atom. The monoisotopic (exact) mass is 797 g/mol. The molecule has 4 atom stereocenters. The minimum atomic E-state index is -0.902. The molecule has 1 aliphatic rings. The van der Waals surface area contributed by atoms with Crippen LogP contribution < -0.4 is 45.1 Å². The van der Waals surface area contributed by atoms with E-state index >= 15 is 0 Å².